The largest absolute Gasteiger partial charge is 0.481 e. The minimum atomic E-state index is -0.784. The lowest BCUT2D eigenvalue weighted by atomic mass is 10.0. The number of carbonyl (C=O) groups is 2. The Balaban J connectivity index is 2.51. The zero-order valence-electron chi connectivity index (χ0n) is 10.7. The summed E-state index contributed by atoms with van der Waals surface area (Å²) in [5, 5.41) is 8.90. The maximum atomic E-state index is 12.1. The summed E-state index contributed by atoms with van der Waals surface area (Å²) in [5.41, 5.74) is 0. The number of methoxy groups -OCH3 is 1. The molecule has 1 fully saturated rings. The monoisotopic (exact) mass is 243 g/mol. The first-order valence-electron chi connectivity index (χ1n) is 5.95. The summed E-state index contributed by atoms with van der Waals surface area (Å²) in [6, 6.07) is 0.0244. The number of nitrogens with zero attached hydrogens (tertiary/aromatic N) is 1. The normalized spacial score (nSPS) is 25.6. The van der Waals surface area contributed by atoms with Crippen molar-refractivity contribution < 1.29 is 19.4 Å². The Hall–Kier alpha value is -1.10. The minimum absolute atomic E-state index is 0.0244. The summed E-state index contributed by atoms with van der Waals surface area (Å²) in [6.45, 7) is 2.42. The molecule has 0 saturated heterocycles. The van der Waals surface area contributed by atoms with E-state index < -0.39 is 5.97 Å². The van der Waals surface area contributed by atoms with Crippen LogP contribution in [0.1, 0.15) is 26.2 Å². The van der Waals surface area contributed by atoms with E-state index in [4.69, 9.17) is 9.84 Å². The van der Waals surface area contributed by atoms with Gasteiger partial charge in [0.25, 0.3) is 0 Å². The number of carbonyl (C=O) groups excluding carboxylic acids is 1. The maximum absolute atomic E-state index is 12.1. The van der Waals surface area contributed by atoms with Crippen molar-refractivity contribution in [2.75, 3.05) is 20.8 Å². The van der Waals surface area contributed by atoms with Gasteiger partial charge in [0.2, 0.25) is 5.91 Å². The topological polar surface area (TPSA) is 66.8 Å². The van der Waals surface area contributed by atoms with Crippen molar-refractivity contribution in [3.05, 3.63) is 0 Å². The first-order chi connectivity index (χ1) is 7.97. The van der Waals surface area contributed by atoms with E-state index in [9.17, 15) is 9.59 Å². The van der Waals surface area contributed by atoms with Gasteiger partial charge in [-0.25, -0.2) is 0 Å². The van der Waals surface area contributed by atoms with Crippen LogP contribution in [0.25, 0.3) is 0 Å². The third kappa shape index (κ3) is 3.43. The van der Waals surface area contributed by atoms with Gasteiger partial charge in [0.05, 0.1) is 18.6 Å². The summed E-state index contributed by atoms with van der Waals surface area (Å²) in [7, 11) is 3.35. The molecule has 0 aromatic rings. The first kappa shape index (κ1) is 14.0. The number of rotatable bonds is 5. The number of aliphatic carboxylic acids is 1. The highest BCUT2D eigenvalue weighted by molar-refractivity contribution is 5.81. The molecule has 0 bridgehead atoms. The summed E-state index contributed by atoms with van der Waals surface area (Å²) < 4.78 is 5.01. The molecule has 0 heterocycles. The molecule has 1 aliphatic rings. The fourth-order valence-electron chi connectivity index (χ4n) is 2.29. The van der Waals surface area contributed by atoms with E-state index in [1.807, 2.05) is 6.92 Å². The Morgan fingerprint density at radius 1 is 1.41 bits per heavy atom. The Labute approximate surface area is 102 Å². The van der Waals surface area contributed by atoms with E-state index in [-0.39, 0.29) is 23.8 Å². The molecule has 0 aromatic carbocycles. The maximum Gasteiger partial charge on any atom is 0.306 e. The molecule has 3 atom stereocenters. The predicted octanol–water partition coefficient (Wildman–Crippen LogP) is 0.981. The van der Waals surface area contributed by atoms with Gasteiger partial charge >= 0.3 is 5.97 Å². The van der Waals surface area contributed by atoms with Crippen LogP contribution in [-0.4, -0.2) is 48.7 Å². The minimum Gasteiger partial charge on any atom is -0.481 e. The molecule has 1 amide bonds. The average Bonchev–Trinajstić information content (AvgIpc) is 2.76. The number of hydrogen-bond donors (Lipinski definition) is 1. The molecule has 0 aliphatic heterocycles. The van der Waals surface area contributed by atoms with Crippen molar-refractivity contribution in [1.82, 2.24) is 4.90 Å². The molecule has 5 nitrogen and oxygen atoms in total. The second kappa shape index (κ2) is 6.00. The Morgan fingerprint density at radius 3 is 2.47 bits per heavy atom. The third-order valence-electron chi connectivity index (χ3n) is 3.55. The third-order valence-corrected chi connectivity index (χ3v) is 3.55. The fourth-order valence-corrected chi connectivity index (χ4v) is 2.29. The predicted molar refractivity (Wildman–Crippen MR) is 62.6 cm³/mol. The van der Waals surface area contributed by atoms with Crippen molar-refractivity contribution in [1.29, 1.82) is 0 Å². The summed E-state index contributed by atoms with van der Waals surface area (Å²) in [6.07, 6.45) is 1.76. The van der Waals surface area contributed by atoms with E-state index in [1.54, 1.807) is 19.1 Å². The zero-order valence-corrected chi connectivity index (χ0v) is 10.7. The second-order valence-corrected chi connectivity index (χ2v) is 4.80. The number of carboxylic acid groups (broad SMARTS) is 1. The average molecular weight is 243 g/mol. The molecular weight excluding hydrogens is 222 g/mol. The van der Waals surface area contributed by atoms with Crippen LogP contribution in [-0.2, 0) is 14.3 Å². The quantitative estimate of drug-likeness (QED) is 0.781. The Bertz CT molecular complexity index is 292. The molecule has 1 aliphatic carbocycles. The van der Waals surface area contributed by atoms with E-state index in [0.717, 1.165) is 0 Å². The Morgan fingerprint density at radius 2 is 2.00 bits per heavy atom. The van der Waals surface area contributed by atoms with Gasteiger partial charge in [-0.05, 0) is 26.2 Å². The van der Waals surface area contributed by atoms with Crippen molar-refractivity contribution in [2.24, 2.45) is 11.8 Å². The highest BCUT2D eigenvalue weighted by Crippen LogP contribution is 2.32. The zero-order chi connectivity index (χ0) is 13.0. The van der Waals surface area contributed by atoms with Crippen LogP contribution < -0.4 is 0 Å². The fraction of sp³-hybridized carbons (Fsp3) is 0.833. The van der Waals surface area contributed by atoms with Crippen LogP contribution in [0.3, 0.4) is 0 Å². The van der Waals surface area contributed by atoms with E-state index >= 15 is 0 Å². The number of hydrogen-bond acceptors (Lipinski definition) is 3. The molecule has 0 radical (unpaired) electrons. The molecule has 17 heavy (non-hydrogen) atoms. The Kier molecular flexibility index (Phi) is 4.93. The van der Waals surface area contributed by atoms with Crippen LogP contribution >= 0.6 is 0 Å². The lowest BCUT2D eigenvalue weighted by molar-refractivity contribution is -0.141. The number of ether oxygens (including phenoxy) is 1. The smallest absolute Gasteiger partial charge is 0.306 e. The number of likely N-dealkylation sites (N-methyl/N-ethyl adjacent to an activating group) is 1. The molecule has 1 rings (SSSR count). The molecular formula is C12H21NO4. The highest BCUT2D eigenvalue weighted by atomic mass is 16.5. The lowest BCUT2D eigenvalue weighted by Gasteiger charge is -2.27. The molecule has 0 aromatic heterocycles. The number of carboxylic acids is 1. The van der Waals surface area contributed by atoms with Crippen LogP contribution in [0.4, 0.5) is 0 Å². The summed E-state index contributed by atoms with van der Waals surface area (Å²) >= 11 is 0. The van der Waals surface area contributed by atoms with Crippen molar-refractivity contribution in [3.63, 3.8) is 0 Å². The van der Waals surface area contributed by atoms with Gasteiger partial charge in [-0.1, -0.05) is 0 Å². The summed E-state index contributed by atoms with van der Waals surface area (Å²) in [5.74, 6) is -1.23. The van der Waals surface area contributed by atoms with E-state index in [0.29, 0.717) is 25.9 Å². The van der Waals surface area contributed by atoms with E-state index in [1.165, 1.54) is 0 Å². The molecule has 5 heteroatoms. The molecule has 1 unspecified atom stereocenters. The molecule has 1 N–H and O–H groups in total. The van der Waals surface area contributed by atoms with Gasteiger partial charge in [-0.2, -0.15) is 0 Å². The van der Waals surface area contributed by atoms with Crippen LogP contribution in [0.2, 0.25) is 0 Å². The first-order valence-corrected chi connectivity index (χ1v) is 5.95. The van der Waals surface area contributed by atoms with Gasteiger partial charge in [0, 0.05) is 20.1 Å². The molecule has 0 spiro atoms. The van der Waals surface area contributed by atoms with E-state index in [2.05, 4.69) is 0 Å². The van der Waals surface area contributed by atoms with Crippen molar-refractivity contribution in [2.45, 2.75) is 32.2 Å². The summed E-state index contributed by atoms with van der Waals surface area (Å²) in [4.78, 5) is 24.6. The van der Waals surface area contributed by atoms with Gasteiger partial charge in [0.15, 0.2) is 0 Å². The highest BCUT2D eigenvalue weighted by Gasteiger charge is 2.35. The molecule has 98 valence electrons. The van der Waals surface area contributed by atoms with Gasteiger partial charge < -0.3 is 14.7 Å². The van der Waals surface area contributed by atoms with Gasteiger partial charge in [-0.3, -0.25) is 9.59 Å². The second-order valence-electron chi connectivity index (χ2n) is 4.80. The lowest BCUT2D eigenvalue weighted by Crippen LogP contribution is -2.40. The van der Waals surface area contributed by atoms with Crippen molar-refractivity contribution >= 4 is 11.9 Å². The van der Waals surface area contributed by atoms with Gasteiger partial charge in [0.1, 0.15) is 0 Å². The van der Waals surface area contributed by atoms with Gasteiger partial charge in [-0.15, -0.1) is 0 Å². The van der Waals surface area contributed by atoms with Crippen LogP contribution in [0.15, 0.2) is 0 Å². The number of amides is 1. The van der Waals surface area contributed by atoms with Crippen LogP contribution in [0.5, 0.6) is 0 Å². The SMILES string of the molecule is COCC(C)N(C)C(=O)[C@@H]1CC[C@H](C(=O)O)C1. The van der Waals surface area contributed by atoms with Crippen LogP contribution in [0, 0.1) is 11.8 Å². The molecule has 1 saturated carbocycles. The van der Waals surface area contributed by atoms with Crippen molar-refractivity contribution in [3.8, 4) is 0 Å². The standard InChI is InChI=1S/C12H21NO4/c1-8(7-17-3)13(2)11(14)9-4-5-10(6-9)12(15)16/h8-10H,4-7H2,1-3H3,(H,15,16)/t8?,9-,10+/m1/s1.